The molecule has 2 N–H and O–H groups in total. The molecule has 2 rings (SSSR count). The molecule has 1 fully saturated rings. The minimum Gasteiger partial charge on any atom is -0.349 e. The van der Waals surface area contributed by atoms with Crippen LogP contribution in [-0.4, -0.2) is 60.4 Å². The number of rotatable bonds is 3. The molecule has 1 aromatic carbocycles. The lowest BCUT2D eigenvalue weighted by molar-refractivity contribution is -0.134. The van der Waals surface area contributed by atoms with E-state index in [0.717, 1.165) is 0 Å². The number of hydrogen-bond donors (Lipinski definition) is 2. The van der Waals surface area contributed by atoms with Gasteiger partial charge in [-0.1, -0.05) is 6.07 Å². The third kappa shape index (κ3) is 5.98. The Bertz CT molecular complexity index is 701. The van der Waals surface area contributed by atoms with Crippen molar-refractivity contribution in [2.24, 2.45) is 5.92 Å². The Morgan fingerprint density at radius 2 is 1.74 bits per heavy atom. The van der Waals surface area contributed by atoms with Gasteiger partial charge in [0, 0.05) is 49.9 Å². The van der Waals surface area contributed by atoms with Crippen LogP contribution in [0, 0.1) is 5.92 Å². The average molecular weight is 374 g/mol. The van der Waals surface area contributed by atoms with Crippen LogP contribution in [-0.2, 0) is 4.79 Å². The molecule has 148 valence electrons. The second kappa shape index (κ2) is 8.41. The number of hydrogen-bond acceptors (Lipinski definition) is 3. The van der Waals surface area contributed by atoms with Crippen molar-refractivity contribution in [2.45, 2.75) is 39.2 Å². The predicted molar refractivity (Wildman–Crippen MR) is 106 cm³/mol. The average Bonchev–Trinajstić information content (AvgIpc) is 2.60. The number of carbonyl (C=O) groups excluding carboxylic acids is 3. The monoisotopic (exact) mass is 374 g/mol. The van der Waals surface area contributed by atoms with Crippen LogP contribution >= 0.6 is 0 Å². The summed E-state index contributed by atoms with van der Waals surface area (Å²) in [4.78, 5) is 40.1. The van der Waals surface area contributed by atoms with Gasteiger partial charge in [0.25, 0.3) is 5.91 Å². The van der Waals surface area contributed by atoms with Crippen LogP contribution in [0.2, 0.25) is 0 Å². The maximum atomic E-state index is 12.5. The molecule has 0 bridgehead atoms. The van der Waals surface area contributed by atoms with Crippen LogP contribution in [0.15, 0.2) is 24.3 Å². The highest BCUT2D eigenvalue weighted by atomic mass is 16.2. The van der Waals surface area contributed by atoms with Crippen LogP contribution < -0.4 is 10.6 Å². The molecule has 1 saturated heterocycles. The van der Waals surface area contributed by atoms with E-state index in [1.165, 1.54) is 0 Å². The molecule has 0 aliphatic carbocycles. The predicted octanol–water partition coefficient (Wildman–Crippen LogP) is 2.55. The molecule has 27 heavy (non-hydrogen) atoms. The van der Waals surface area contributed by atoms with Gasteiger partial charge in [0.05, 0.1) is 0 Å². The summed E-state index contributed by atoms with van der Waals surface area (Å²) < 4.78 is 0. The number of urea groups is 1. The third-order valence-electron chi connectivity index (χ3n) is 4.44. The van der Waals surface area contributed by atoms with E-state index >= 15 is 0 Å². The minimum atomic E-state index is -0.329. The number of nitrogens with one attached hydrogen (secondary N) is 2. The molecule has 1 aliphatic heterocycles. The molecule has 1 heterocycles. The smallest absolute Gasteiger partial charge is 0.321 e. The van der Waals surface area contributed by atoms with E-state index in [4.69, 9.17) is 0 Å². The van der Waals surface area contributed by atoms with E-state index in [9.17, 15) is 14.4 Å². The highest BCUT2D eigenvalue weighted by molar-refractivity contribution is 5.97. The molecule has 0 radical (unpaired) electrons. The first-order chi connectivity index (χ1) is 12.6. The molecule has 7 nitrogen and oxygen atoms in total. The van der Waals surface area contributed by atoms with Crippen LogP contribution in [0.1, 0.15) is 44.0 Å². The van der Waals surface area contributed by atoms with E-state index in [-0.39, 0.29) is 29.3 Å². The van der Waals surface area contributed by atoms with Crippen molar-refractivity contribution in [3.8, 4) is 0 Å². The summed E-state index contributed by atoms with van der Waals surface area (Å²) in [7, 11) is 3.51. The number of piperidine rings is 1. The fraction of sp³-hybridized carbons (Fsp3) is 0.550. The zero-order valence-electron chi connectivity index (χ0n) is 16.8. The van der Waals surface area contributed by atoms with Crippen molar-refractivity contribution in [2.75, 3.05) is 32.5 Å². The Kier molecular flexibility index (Phi) is 6.46. The van der Waals surface area contributed by atoms with Crippen LogP contribution in [0.4, 0.5) is 10.5 Å². The van der Waals surface area contributed by atoms with Crippen LogP contribution in [0.5, 0.6) is 0 Å². The highest BCUT2D eigenvalue weighted by Gasteiger charge is 2.28. The first kappa shape index (κ1) is 20.7. The maximum Gasteiger partial charge on any atom is 0.321 e. The number of benzene rings is 1. The quantitative estimate of drug-likeness (QED) is 0.853. The van der Waals surface area contributed by atoms with Gasteiger partial charge in [-0.05, 0) is 51.8 Å². The first-order valence-corrected chi connectivity index (χ1v) is 9.26. The standard InChI is InChI=1S/C20H30N4O3/c1-20(2,3)22-17(25)15-7-6-8-16(13-15)21-19(27)24-11-9-14(10-12-24)18(26)23(4)5/h6-8,13-14H,9-12H2,1-5H3,(H,21,27)(H,22,25). The summed E-state index contributed by atoms with van der Waals surface area (Å²) in [5, 5.41) is 5.75. The summed E-state index contributed by atoms with van der Waals surface area (Å²) >= 11 is 0. The fourth-order valence-corrected chi connectivity index (χ4v) is 3.05. The van der Waals surface area contributed by atoms with Gasteiger partial charge in [-0.15, -0.1) is 0 Å². The van der Waals surface area contributed by atoms with E-state index in [1.54, 1.807) is 48.2 Å². The summed E-state index contributed by atoms with van der Waals surface area (Å²) in [6, 6.07) is 6.68. The zero-order chi connectivity index (χ0) is 20.2. The summed E-state index contributed by atoms with van der Waals surface area (Å²) in [5.41, 5.74) is 0.746. The molecule has 0 atom stereocenters. The van der Waals surface area contributed by atoms with Crippen molar-refractivity contribution in [3.63, 3.8) is 0 Å². The normalized spacial score (nSPS) is 15.2. The van der Waals surface area contributed by atoms with Crippen molar-refractivity contribution < 1.29 is 14.4 Å². The topological polar surface area (TPSA) is 81.8 Å². The lowest BCUT2D eigenvalue weighted by Crippen LogP contribution is -2.44. The molecule has 0 unspecified atom stereocenters. The second-order valence-corrected chi connectivity index (χ2v) is 8.21. The van der Waals surface area contributed by atoms with Gasteiger partial charge >= 0.3 is 6.03 Å². The number of nitrogens with zero attached hydrogens (tertiary/aromatic N) is 2. The van der Waals surface area contributed by atoms with E-state index in [0.29, 0.717) is 37.2 Å². The number of carbonyl (C=O) groups is 3. The zero-order valence-corrected chi connectivity index (χ0v) is 16.8. The van der Waals surface area contributed by atoms with Gasteiger partial charge in [0.2, 0.25) is 5.91 Å². The molecule has 0 aromatic heterocycles. The van der Waals surface area contributed by atoms with Gasteiger partial charge < -0.3 is 20.4 Å². The Balaban J connectivity index is 1.94. The molecule has 1 aliphatic rings. The molecule has 0 saturated carbocycles. The largest absolute Gasteiger partial charge is 0.349 e. The second-order valence-electron chi connectivity index (χ2n) is 8.21. The third-order valence-corrected chi connectivity index (χ3v) is 4.44. The van der Waals surface area contributed by atoms with Gasteiger partial charge in [-0.2, -0.15) is 0 Å². The SMILES string of the molecule is CN(C)C(=O)C1CCN(C(=O)Nc2cccc(C(=O)NC(C)(C)C)c2)CC1. The molecule has 1 aromatic rings. The number of anilines is 1. The van der Waals surface area contributed by atoms with E-state index in [1.807, 2.05) is 20.8 Å². The molecule has 7 heteroatoms. The molecular formula is C20H30N4O3. The van der Waals surface area contributed by atoms with Crippen molar-refractivity contribution in [3.05, 3.63) is 29.8 Å². The summed E-state index contributed by atoms with van der Waals surface area (Å²) in [6.07, 6.45) is 1.33. The Labute approximate surface area is 161 Å². The fourth-order valence-electron chi connectivity index (χ4n) is 3.05. The van der Waals surface area contributed by atoms with Gasteiger partial charge in [0.1, 0.15) is 0 Å². The number of amides is 4. The lowest BCUT2D eigenvalue weighted by atomic mass is 9.96. The van der Waals surface area contributed by atoms with E-state index < -0.39 is 0 Å². The summed E-state index contributed by atoms with van der Waals surface area (Å²) in [6.45, 7) is 6.84. The molecule has 4 amide bonds. The lowest BCUT2D eigenvalue weighted by Gasteiger charge is -2.32. The number of likely N-dealkylation sites (tertiary alicyclic amines) is 1. The first-order valence-electron chi connectivity index (χ1n) is 9.26. The van der Waals surface area contributed by atoms with Crippen molar-refractivity contribution >= 4 is 23.5 Å². The van der Waals surface area contributed by atoms with Crippen LogP contribution in [0.25, 0.3) is 0 Å². The van der Waals surface area contributed by atoms with Crippen molar-refractivity contribution in [1.82, 2.24) is 15.1 Å². The van der Waals surface area contributed by atoms with Crippen molar-refractivity contribution in [1.29, 1.82) is 0 Å². The highest BCUT2D eigenvalue weighted by Crippen LogP contribution is 2.20. The Morgan fingerprint density at radius 1 is 1.11 bits per heavy atom. The Morgan fingerprint density at radius 3 is 2.30 bits per heavy atom. The minimum absolute atomic E-state index is 0.0199. The van der Waals surface area contributed by atoms with Gasteiger partial charge in [-0.25, -0.2) is 4.79 Å². The van der Waals surface area contributed by atoms with Gasteiger partial charge in [0.15, 0.2) is 0 Å². The van der Waals surface area contributed by atoms with E-state index in [2.05, 4.69) is 10.6 Å². The maximum absolute atomic E-state index is 12.5. The Hall–Kier alpha value is -2.57. The van der Waals surface area contributed by atoms with Gasteiger partial charge in [-0.3, -0.25) is 9.59 Å². The van der Waals surface area contributed by atoms with Crippen LogP contribution in [0.3, 0.4) is 0 Å². The molecular weight excluding hydrogens is 344 g/mol. The summed E-state index contributed by atoms with van der Waals surface area (Å²) in [5.74, 6) is -0.0808. The molecule has 0 spiro atoms.